The number of carbonyl (C=O) groups excluding carboxylic acids is 2. The van der Waals surface area contributed by atoms with Crippen molar-refractivity contribution in [2.75, 3.05) is 7.11 Å². The van der Waals surface area contributed by atoms with E-state index in [-0.39, 0.29) is 17.4 Å². The Morgan fingerprint density at radius 1 is 1.00 bits per heavy atom. The first-order chi connectivity index (χ1) is 15.5. The van der Waals surface area contributed by atoms with Gasteiger partial charge in [-0.3, -0.25) is 14.2 Å². The maximum Gasteiger partial charge on any atom is 0.262 e. The zero-order valence-electron chi connectivity index (χ0n) is 17.8. The van der Waals surface area contributed by atoms with Crippen molar-refractivity contribution in [3.8, 4) is 5.75 Å². The molecule has 0 aliphatic heterocycles. The molecule has 162 valence electrons. The van der Waals surface area contributed by atoms with Gasteiger partial charge in [0.15, 0.2) is 5.12 Å². The second kappa shape index (κ2) is 9.63. The smallest absolute Gasteiger partial charge is 0.262 e. The molecule has 0 amide bonds. The standard InChI is InChI=1S/C26H22ClNO3S/c1-17-22(15-25(29)32-16-18-6-4-3-5-7-18)23-14-21(31-2)12-13-24(23)28(17)26(30)19-8-10-20(27)11-9-19/h3-14H,15-16H2,1-2H3. The molecule has 0 atom stereocenters. The van der Waals surface area contributed by atoms with Gasteiger partial charge in [-0.25, -0.2) is 0 Å². The van der Waals surface area contributed by atoms with Crippen LogP contribution in [0.5, 0.6) is 5.75 Å². The van der Waals surface area contributed by atoms with E-state index in [1.807, 2.05) is 55.5 Å². The van der Waals surface area contributed by atoms with E-state index in [0.29, 0.717) is 22.1 Å². The number of nitrogens with zero attached hydrogens (tertiary/aromatic N) is 1. The molecule has 4 nitrogen and oxygen atoms in total. The Kier molecular flexibility index (Phi) is 6.68. The van der Waals surface area contributed by atoms with Gasteiger partial charge in [-0.05, 0) is 60.5 Å². The van der Waals surface area contributed by atoms with E-state index in [2.05, 4.69) is 0 Å². The number of methoxy groups -OCH3 is 1. The second-order valence-electron chi connectivity index (χ2n) is 7.42. The molecule has 1 aromatic heterocycles. The largest absolute Gasteiger partial charge is 0.497 e. The molecule has 0 N–H and O–H groups in total. The van der Waals surface area contributed by atoms with E-state index in [1.54, 1.807) is 35.9 Å². The number of rotatable bonds is 6. The molecule has 6 heteroatoms. The van der Waals surface area contributed by atoms with Gasteiger partial charge in [0.2, 0.25) is 0 Å². The topological polar surface area (TPSA) is 48.3 Å². The Bertz CT molecular complexity index is 1280. The van der Waals surface area contributed by atoms with E-state index < -0.39 is 0 Å². The number of carbonyl (C=O) groups is 2. The molecule has 4 rings (SSSR count). The van der Waals surface area contributed by atoms with Crippen LogP contribution in [0.2, 0.25) is 5.02 Å². The fraction of sp³-hybridized carbons (Fsp3) is 0.154. The zero-order valence-corrected chi connectivity index (χ0v) is 19.4. The van der Waals surface area contributed by atoms with Crippen LogP contribution >= 0.6 is 23.4 Å². The quantitative estimate of drug-likeness (QED) is 0.336. The van der Waals surface area contributed by atoms with Crippen molar-refractivity contribution in [3.05, 3.63) is 100 Å². The minimum atomic E-state index is -0.162. The number of fused-ring (bicyclic) bond motifs is 1. The van der Waals surface area contributed by atoms with Crippen molar-refractivity contribution in [2.24, 2.45) is 0 Å². The van der Waals surface area contributed by atoms with Gasteiger partial charge in [0.05, 0.1) is 12.6 Å². The molecular formula is C26H22ClNO3S. The summed E-state index contributed by atoms with van der Waals surface area (Å²) in [6.45, 7) is 1.88. The lowest BCUT2D eigenvalue weighted by molar-refractivity contribution is -0.110. The van der Waals surface area contributed by atoms with Crippen LogP contribution in [0.15, 0.2) is 72.8 Å². The average Bonchev–Trinajstić information content (AvgIpc) is 3.08. The highest BCUT2D eigenvalue weighted by atomic mass is 35.5. The number of benzene rings is 3. The zero-order chi connectivity index (χ0) is 22.7. The van der Waals surface area contributed by atoms with Crippen LogP contribution < -0.4 is 4.74 Å². The SMILES string of the molecule is COc1ccc2c(c1)c(CC(=O)SCc1ccccc1)c(C)n2C(=O)c1ccc(Cl)cc1. The van der Waals surface area contributed by atoms with Crippen LogP contribution in [0.25, 0.3) is 10.9 Å². The van der Waals surface area contributed by atoms with Gasteiger partial charge >= 0.3 is 0 Å². The van der Waals surface area contributed by atoms with Crippen LogP contribution in [0.3, 0.4) is 0 Å². The third-order valence-electron chi connectivity index (χ3n) is 5.40. The highest BCUT2D eigenvalue weighted by Gasteiger charge is 2.22. The van der Waals surface area contributed by atoms with Crippen LogP contribution in [-0.2, 0) is 17.0 Å². The Morgan fingerprint density at radius 2 is 1.72 bits per heavy atom. The van der Waals surface area contributed by atoms with E-state index in [4.69, 9.17) is 16.3 Å². The van der Waals surface area contributed by atoms with E-state index >= 15 is 0 Å². The molecule has 1 heterocycles. The number of thioether (sulfide) groups is 1. The Labute approximate surface area is 196 Å². The Morgan fingerprint density at radius 3 is 2.41 bits per heavy atom. The summed E-state index contributed by atoms with van der Waals surface area (Å²) in [4.78, 5) is 26.2. The van der Waals surface area contributed by atoms with Crippen molar-refractivity contribution < 1.29 is 14.3 Å². The number of halogens is 1. The maximum absolute atomic E-state index is 13.4. The average molecular weight is 464 g/mol. The molecule has 0 saturated carbocycles. The fourth-order valence-electron chi connectivity index (χ4n) is 3.73. The van der Waals surface area contributed by atoms with Crippen molar-refractivity contribution in [1.82, 2.24) is 4.57 Å². The minimum absolute atomic E-state index is 0.0535. The Balaban J connectivity index is 1.69. The molecule has 3 aromatic carbocycles. The van der Waals surface area contributed by atoms with Gasteiger partial charge in [0, 0.05) is 33.8 Å². The fourth-order valence-corrected chi connectivity index (χ4v) is 4.62. The highest BCUT2D eigenvalue weighted by molar-refractivity contribution is 8.12. The molecule has 0 fully saturated rings. The van der Waals surface area contributed by atoms with Crippen LogP contribution in [0.1, 0.15) is 27.2 Å². The van der Waals surface area contributed by atoms with Crippen LogP contribution in [-0.4, -0.2) is 22.7 Å². The Hall–Kier alpha value is -3.02. The van der Waals surface area contributed by atoms with Gasteiger partial charge in [0.25, 0.3) is 5.91 Å². The third kappa shape index (κ3) is 4.59. The van der Waals surface area contributed by atoms with Gasteiger partial charge in [-0.2, -0.15) is 0 Å². The van der Waals surface area contributed by atoms with Crippen LogP contribution in [0, 0.1) is 6.92 Å². The predicted molar refractivity (Wildman–Crippen MR) is 131 cm³/mol. The first kappa shape index (κ1) is 22.2. The molecule has 0 aliphatic carbocycles. The van der Waals surface area contributed by atoms with Crippen molar-refractivity contribution in [2.45, 2.75) is 19.1 Å². The first-order valence-corrected chi connectivity index (χ1v) is 11.5. The summed E-state index contributed by atoms with van der Waals surface area (Å²) in [7, 11) is 1.60. The predicted octanol–water partition coefficient (Wildman–Crippen LogP) is 6.30. The summed E-state index contributed by atoms with van der Waals surface area (Å²) in [6.07, 6.45) is 0.230. The number of hydrogen-bond acceptors (Lipinski definition) is 4. The molecule has 0 saturated heterocycles. The van der Waals surface area contributed by atoms with Crippen molar-refractivity contribution >= 4 is 45.3 Å². The maximum atomic E-state index is 13.4. The lowest BCUT2D eigenvalue weighted by Crippen LogP contribution is -2.14. The number of hydrogen-bond donors (Lipinski definition) is 0. The molecule has 4 aromatic rings. The van der Waals surface area contributed by atoms with Crippen LogP contribution in [0.4, 0.5) is 0 Å². The van der Waals surface area contributed by atoms with Gasteiger partial charge in [-0.15, -0.1) is 0 Å². The van der Waals surface area contributed by atoms with Gasteiger partial charge in [-0.1, -0.05) is 53.7 Å². The first-order valence-electron chi connectivity index (χ1n) is 10.2. The minimum Gasteiger partial charge on any atom is -0.497 e. The summed E-state index contributed by atoms with van der Waals surface area (Å²) in [5.41, 5.74) is 3.97. The third-order valence-corrected chi connectivity index (χ3v) is 6.60. The molecule has 32 heavy (non-hydrogen) atoms. The summed E-state index contributed by atoms with van der Waals surface area (Å²) in [6, 6.07) is 22.3. The van der Waals surface area contributed by atoms with E-state index in [1.165, 1.54) is 11.8 Å². The summed E-state index contributed by atoms with van der Waals surface area (Å²) in [5, 5.41) is 1.47. The monoisotopic (exact) mass is 463 g/mol. The molecule has 0 unspecified atom stereocenters. The number of ether oxygens (including phenoxy) is 1. The second-order valence-corrected chi connectivity index (χ2v) is 8.89. The van der Waals surface area contributed by atoms with Gasteiger partial charge < -0.3 is 4.74 Å². The molecule has 0 radical (unpaired) electrons. The van der Waals surface area contributed by atoms with Crippen molar-refractivity contribution in [1.29, 1.82) is 0 Å². The molecule has 0 aliphatic rings. The normalized spacial score (nSPS) is 11.0. The van der Waals surface area contributed by atoms with E-state index in [0.717, 1.165) is 27.7 Å². The molecule has 0 spiro atoms. The number of aromatic nitrogens is 1. The molecule has 0 bridgehead atoms. The lowest BCUT2D eigenvalue weighted by Gasteiger charge is -2.08. The summed E-state index contributed by atoms with van der Waals surface area (Å²) < 4.78 is 7.07. The summed E-state index contributed by atoms with van der Waals surface area (Å²) >= 11 is 7.27. The molecular weight excluding hydrogens is 442 g/mol. The highest BCUT2D eigenvalue weighted by Crippen LogP contribution is 2.32. The lowest BCUT2D eigenvalue weighted by atomic mass is 10.1. The summed E-state index contributed by atoms with van der Waals surface area (Å²) in [5.74, 6) is 1.13. The van der Waals surface area contributed by atoms with Gasteiger partial charge in [0.1, 0.15) is 5.75 Å². The van der Waals surface area contributed by atoms with E-state index in [9.17, 15) is 9.59 Å². The van der Waals surface area contributed by atoms with Crippen molar-refractivity contribution in [3.63, 3.8) is 0 Å².